The topological polar surface area (TPSA) is 30.0 Å². The van der Waals surface area contributed by atoms with Crippen LogP contribution in [0.4, 0.5) is 5.69 Å². The number of quaternary nitrogens is 1. The van der Waals surface area contributed by atoms with E-state index in [1.54, 1.807) is 5.69 Å². The molecule has 0 aromatic heterocycles. The van der Waals surface area contributed by atoms with Crippen LogP contribution in [0, 0.1) is 6.92 Å². The number of aryl methyl sites for hydroxylation is 1. The Morgan fingerprint density at radius 1 is 0.640 bits per heavy atom. The second-order valence-electron chi connectivity index (χ2n) is 7.58. The molecule has 1 N–H and O–H groups in total. The Bertz CT molecular complexity index is 424. The van der Waals surface area contributed by atoms with E-state index >= 15 is 0 Å². The molecule has 0 heterocycles. The fourth-order valence-corrected chi connectivity index (χ4v) is 4.20. The first kappa shape index (κ1) is 24.1. The molecule has 0 amide bonds. The quantitative estimate of drug-likeness (QED) is 0.260. The molecule has 0 aliphatic carbocycles. The van der Waals surface area contributed by atoms with Gasteiger partial charge in [0.2, 0.25) is 0 Å². The molecule has 0 unspecified atom stereocenters. The van der Waals surface area contributed by atoms with Crippen molar-refractivity contribution >= 4 is 5.69 Å². The third kappa shape index (κ3) is 8.37. The molecule has 2 nitrogen and oxygen atoms in total. The van der Waals surface area contributed by atoms with Gasteiger partial charge in [-0.3, -0.25) is 4.48 Å². The molecule has 0 spiro atoms. The van der Waals surface area contributed by atoms with E-state index in [-0.39, 0.29) is 5.48 Å². The summed E-state index contributed by atoms with van der Waals surface area (Å²) < 4.78 is 1.20. The first-order chi connectivity index (χ1) is 11.7. The molecule has 0 bridgehead atoms. The van der Waals surface area contributed by atoms with Crippen LogP contribution in [0.3, 0.4) is 0 Å². The highest BCUT2D eigenvalue weighted by molar-refractivity contribution is 5.49. The molecule has 1 aromatic rings. The lowest BCUT2D eigenvalue weighted by molar-refractivity contribution is 0.264. The standard InChI is InChI=1S/C23H42N.H2O/c1-5-8-9-10-11-12-13-16-21-24(19-6-2,20-7-3)23-18-15-14-17-22(23)4;/h14-15,17-18H,5-13,16,19-21H2,1-4H3;1H2/q+1;/p-1. The normalized spacial score (nSPS) is 11.4. The highest BCUT2D eigenvalue weighted by Crippen LogP contribution is 2.29. The van der Waals surface area contributed by atoms with Crippen LogP contribution in [0.5, 0.6) is 0 Å². The number of unbranched alkanes of at least 4 members (excludes halogenated alkanes) is 7. The van der Waals surface area contributed by atoms with Gasteiger partial charge in [-0.1, -0.05) is 77.5 Å². The molecule has 0 saturated carbocycles. The maximum Gasteiger partial charge on any atom is 0.135 e. The largest absolute Gasteiger partial charge is 0.870 e. The summed E-state index contributed by atoms with van der Waals surface area (Å²) in [5.41, 5.74) is 3.04. The third-order valence-corrected chi connectivity index (χ3v) is 5.37. The number of nitrogens with zero attached hydrogens (tertiary/aromatic N) is 1. The Kier molecular flexibility index (Phi) is 13.8. The fraction of sp³-hybridized carbons (Fsp3) is 0.739. The van der Waals surface area contributed by atoms with E-state index in [9.17, 15) is 0 Å². The molecule has 0 aliphatic rings. The van der Waals surface area contributed by atoms with Crippen LogP contribution in [0.15, 0.2) is 24.3 Å². The number of hydrogen-bond acceptors (Lipinski definition) is 1. The molecule has 0 aliphatic heterocycles. The average molecular weight is 350 g/mol. The summed E-state index contributed by atoms with van der Waals surface area (Å²) in [5, 5.41) is 0. The number of benzene rings is 1. The van der Waals surface area contributed by atoms with Gasteiger partial charge in [-0.15, -0.1) is 0 Å². The second kappa shape index (κ2) is 14.3. The Morgan fingerprint density at radius 3 is 1.68 bits per heavy atom. The zero-order valence-corrected chi connectivity index (χ0v) is 17.4. The van der Waals surface area contributed by atoms with Gasteiger partial charge >= 0.3 is 0 Å². The van der Waals surface area contributed by atoms with Crippen molar-refractivity contribution in [3.8, 4) is 0 Å². The van der Waals surface area contributed by atoms with Gasteiger partial charge in [-0.05, 0) is 38.7 Å². The van der Waals surface area contributed by atoms with Crippen LogP contribution in [0.2, 0.25) is 0 Å². The summed E-state index contributed by atoms with van der Waals surface area (Å²) >= 11 is 0. The number of rotatable bonds is 14. The summed E-state index contributed by atoms with van der Waals surface area (Å²) in [6, 6.07) is 9.09. The van der Waals surface area contributed by atoms with Crippen molar-refractivity contribution < 1.29 is 5.48 Å². The van der Waals surface area contributed by atoms with E-state index in [1.165, 1.54) is 93.9 Å². The van der Waals surface area contributed by atoms with Crippen LogP contribution < -0.4 is 4.48 Å². The maximum absolute atomic E-state index is 2.38. The molecular weight excluding hydrogens is 306 g/mol. The van der Waals surface area contributed by atoms with Gasteiger partial charge in [0.15, 0.2) is 0 Å². The Hall–Kier alpha value is -0.860. The van der Waals surface area contributed by atoms with Crippen LogP contribution >= 0.6 is 0 Å². The predicted octanol–water partition coefficient (Wildman–Crippen LogP) is 7.09. The molecule has 1 rings (SSSR count). The molecule has 0 atom stereocenters. The van der Waals surface area contributed by atoms with Crippen molar-refractivity contribution in [3.05, 3.63) is 29.8 Å². The summed E-state index contributed by atoms with van der Waals surface area (Å²) in [6.45, 7) is 13.2. The van der Waals surface area contributed by atoms with Gasteiger partial charge in [0.1, 0.15) is 5.69 Å². The van der Waals surface area contributed by atoms with Crippen LogP contribution in [0.1, 0.15) is 90.5 Å². The van der Waals surface area contributed by atoms with E-state index in [4.69, 9.17) is 0 Å². The van der Waals surface area contributed by atoms with Crippen molar-refractivity contribution in [1.82, 2.24) is 4.48 Å². The molecule has 25 heavy (non-hydrogen) atoms. The van der Waals surface area contributed by atoms with Crippen LogP contribution in [-0.2, 0) is 0 Å². The molecular formula is C23H43NO. The Labute approximate surface area is 157 Å². The molecule has 0 saturated heterocycles. The smallest absolute Gasteiger partial charge is 0.135 e. The minimum absolute atomic E-state index is 0. The Balaban J connectivity index is 0.00000576. The molecule has 0 fully saturated rings. The van der Waals surface area contributed by atoms with E-state index in [2.05, 4.69) is 52.0 Å². The van der Waals surface area contributed by atoms with Gasteiger partial charge in [0, 0.05) is 5.56 Å². The first-order valence-corrected chi connectivity index (χ1v) is 10.6. The first-order valence-electron chi connectivity index (χ1n) is 10.6. The highest BCUT2D eigenvalue weighted by atomic mass is 16.0. The van der Waals surface area contributed by atoms with Gasteiger partial charge < -0.3 is 5.48 Å². The number of para-hydroxylation sites is 1. The second-order valence-corrected chi connectivity index (χ2v) is 7.58. The van der Waals surface area contributed by atoms with Gasteiger partial charge in [-0.25, -0.2) is 0 Å². The molecule has 0 radical (unpaired) electrons. The number of hydrogen-bond donors (Lipinski definition) is 0. The van der Waals surface area contributed by atoms with Gasteiger partial charge in [0.25, 0.3) is 0 Å². The lowest BCUT2D eigenvalue weighted by atomic mass is 10.1. The zero-order valence-electron chi connectivity index (χ0n) is 17.4. The summed E-state index contributed by atoms with van der Waals surface area (Å²) in [6.07, 6.45) is 13.8. The minimum Gasteiger partial charge on any atom is -0.870 e. The summed E-state index contributed by atoms with van der Waals surface area (Å²) in [7, 11) is 0. The summed E-state index contributed by atoms with van der Waals surface area (Å²) in [4.78, 5) is 0. The van der Waals surface area contributed by atoms with Gasteiger partial charge in [-0.2, -0.15) is 0 Å². The van der Waals surface area contributed by atoms with E-state index < -0.39 is 0 Å². The van der Waals surface area contributed by atoms with Crippen molar-refractivity contribution in [2.45, 2.75) is 91.9 Å². The van der Waals surface area contributed by atoms with Crippen molar-refractivity contribution in [2.75, 3.05) is 19.6 Å². The van der Waals surface area contributed by atoms with E-state index in [0.29, 0.717) is 0 Å². The minimum atomic E-state index is 0. The van der Waals surface area contributed by atoms with E-state index in [1.807, 2.05) is 0 Å². The van der Waals surface area contributed by atoms with Crippen LogP contribution in [0.25, 0.3) is 0 Å². The molecule has 1 aromatic carbocycles. The Morgan fingerprint density at radius 2 is 1.16 bits per heavy atom. The van der Waals surface area contributed by atoms with E-state index in [0.717, 1.165) is 0 Å². The lowest BCUT2D eigenvalue weighted by Gasteiger charge is -2.39. The highest BCUT2D eigenvalue weighted by Gasteiger charge is 2.29. The van der Waals surface area contributed by atoms with Gasteiger partial charge in [0.05, 0.1) is 19.6 Å². The monoisotopic (exact) mass is 349 g/mol. The molecule has 2 heteroatoms. The fourth-order valence-electron chi connectivity index (χ4n) is 4.20. The average Bonchev–Trinajstić information content (AvgIpc) is 2.58. The van der Waals surface area contributed by atoms with Crippen molar-refractivity contribution in [2.24, 2.45) is 0 Å². The summed E-state index contributed by atoms with van der Waals surface area (Å²) in [5.74, 6) is 0. The van der Waals surface area contributed by atoms with Crippen molar-refractivity contribution in [1.29, 1.82) is 0 Å². The SMILES string of the molecule is CCCCCCCCCC[N+](CCC)(CCC)c1ccccc1C.[OH-]. The maximum atomic E-state index is 2.38. The zero-order chi connectivity index (χ0) is 17.7. The lowest BCUT2D eigenvalue weighted by Crippen LogP contribution is -2.51. The predicted molar refractivity (Wildman–Crippen MR) is 113 cm³/mol. The van der Waals surface area contributed by atoms with Crippen molar-refractivity contribution in [3.63, 3.8) is 0 Å². The third-order valence-electron chi connectivity index (χ3n) is 5.37. The molecule has 146 valence electrons. The van der Waals surface area contributed by atoms with Crippen LogP contribution in [-0.4, -0.2) is 25.1 Å².